The lowest BCUT2D eigenvalue weighted by Crippen LogP contribution is -2.39. The van der Waals surface area contributed by atoms with Gasteiger partial charge in [0.25, 0.3) is 0 Å². The summed E-state index contributed by atoms with van der Waals surface area (Å²) in [6, 6.07) is 5.43. The Labute approximate surface area is 161 Å². The topological polar surface area (TPSA) is 106 Å². The van der Waals surface area contributed by atoms with Crippen molar-refractivity contribution in [3.63, 3.8) is 0 Å². The Morgan fingerprint density at radius 2 is 2.14 bits per heavy atom. The van der Waals surface area contributed by atoms with Gasteiger partial charge in [0.1, 0.15) is 18.2 Å². The number of amides is 1. The zero-order chi connectivity index (χ0) is 20.5. The summed E-state index contributed by atoms with van der Waals surface area (Å²) in [6.07, 6.45) is 2.52. The van der Waals surface area contributed by atoms with E-state index in [9.17, 15) is 22.4 Å². The van der Waals surface area contributed by atoms with E-state index in [4.69, 9.17) is 0 Å². The monoisotopic (exact) mass is 411 g/mol. The van der Waals surface area contributed by atoms with Crippen LogP contribution in [0, 0.1) is 5.82 Å². The molecule has 28 heavy (non-hydrogen) atoms. The number of aromatic nitrogens is 3. The van der Waals surface area contributed by atoms with Crippen LogP contribution in [0.4, 0.5) is 10.1 Å². The van der Waals surface area contributed by atoms with Crippen molar-refractivity contribution in [1.82, 2.24) is 18.7 Å². The van der Waals surface area contributed by atoms with Crippen LogP contribution in [0.3, 0.4) is 0 Å². The summed E-state index contributed by atoms with van der Waals surface area (Å²) in [4.78, 5) is 24.6. The lowest BCUT2D eigenvalue weighted by molar-refractivity contribution is -0.117. The molecule has 1 aromatic heterocycles. The molecule has 1 aliphatic rings. The van der Waals surface area contributed by atoms with E-state index in [0.29, 0.717) is 25.2 Å². The molecule has 1 aromatic carbocycles. The minimum atomic E-state index is -3.32. The summed E-state index contributed by atoms with van der Waals surface area (Å²) >= 11 is 0. The first kappa shape index (κ1) is 20.2. The molecule has 3 rings (SSSR count). The molecule has 0 saturated carbocycles. The molecule has 0 bridgehead atoms. The Morgan fingerprint density at radius 3 is 2.82 bits per heavy atom. The first-order chi connectivity index (χ1) is 13.1. The Hall–Kier alpha value is -2.53. The Kier molecular flexibility index (Phi) is 5.66. The van der Waals surface area contributed by atoms with Crippen LogP contribution in [0.25, 0.3) is 0 Å². The molecule has 0 spiro atoms. The lowest BCUT2D eigenvalue weighted by atomic mass is 9.99. The fourth-order valence-corrected chi connectivity index (χ4v) is 4.23. The highest BCUT2D eigenvalue weighted by atomic mass is 32.2. The highest BCUT2D eigenvalue weighted by Gasteiger charge is 2.30. The first-order valence-corrected chi connectivity index (χ1v) is 10.6. The smallest absolute Gasteiger partial charge is 0.324 e. The van der Waals surface area contributed by atoms with Gasteiger partial charge in [0.2, 0.25) is 15.9 Å². The van der Waals surface area contributed by atoms with Crippen LogP contribution in [0.15, 0.2) is 29.1 Å². The SMILES string of the molecule is Cn1c(C2CCCN(S(C)(=O)=O)C2)nn(CC(=O)Nc2cccc(F)c2)c1=O. The molecule has 1 aliphatic heterocycles. The van der Waals surface area contributed by atoms with E-state index in [-0.39, 0.29) is 24.7 Å². The number of benzene rings is 1. The summed E-state index contributed by atoms with van der Waals surface area (Å²) in [7, 11) is -1.78. The van der Waals surface area contributed by atoms with Crippen LogP contribution in [0.2, 0.25) is 0 Å². The molecule has 11 heteroatoms. The lowest BCUT2D eigenvalue weighted by Gasteiger charge is -2.30. The summed E-state index contributed by atoms with van der Waals surface area (Å²) in [5.74, 6) is -0.785. The number of halogens is 1. The predicted molar refractivity (Wildman–Crippen MR) is 101 cm³/mol. The van der Waals surface area contributed by atoms with Crippen molar-refractivity contribution >= 4 is 21.6 Å². The molecule has 1 saturated heterocycles. The standard InChI is InChI=1S/C17H22FN5O4S/c1-21-16(12-5-4-8-22(10-12)28(2,26)27)20-23(17(21)25)11-15(24)19-14-7-3-6-13(18)9-14/h3,6-7,9,12H,4-5,8,10-11H2,1-2H3,(H,19,24). The van der Waals surface area contributed by atoms with Gasteiger partial charge in [-0.3, -0.25) is 9.36 Å². The first-order valence-electron chi connectivity index (χ1n) is 8.79. The van der Waals surface area contributed by atoms with E-state index >= 15 is 0 Å². The van der Waals surface area contributed by atoms with Crippen molar-refractivity contribution in [3.05, 3.63) is 46.4 Å². The summed E-state index contributed by atoms with van der Waals surface area (Å²) in [6.45, 7) is 0.365. The third kappa shape index (κ3) is 4.47. The molecular formula is C17H22FN5O4S. The van der Waals surface area contributed by atoms with Gasteiger partial charge in [-0.05, 0) is 31.0 Å². The molecule has 1 amide bonds. The number of nitrogens with zero attached hydrogens (tertiary/aromatic N) is 4. The number of hydrogen-bond acceptors (Lipinski definition) is 5. The third-order valence-corrected chi connectivity index (χ3v) is 5.96. The van der Waals surface area contributed by atoms with Gasteiger partial charge in [0.15, 0.2) is 0 Å². The Morgan fingerprint density at radius 1 is 1.39 bits per heavy atom. The fourth-order valence-electron chi connectivity index (χ4n) is 3.32. The number of carbonyl (C=O) groups excluding carboxylic acids is 1. The van der Waals surface area contributed by atoms with Crippen molar-refractivity contribution in [2.24, 2.45) is 7.05 Å². The van der Waals surface area contributed by atoms with Crippen LogP contribution < -0.4 is 11.0 Å². The molecule has 1 unspecified atom stereocenters. The summed E-state index contributed by atoms with van der Waals surface area (Å²) in [5, 5.41) is 6.78. The number of rotatable bonds is 5. The number of anilines is 1. The normalized spacial score (nSPS) is 18.2. The van der Waals surface area contributed by atoms with Crippen molar-refractivity contribution in [2.75, 3.05) is 24.7 Å². The molecule has 0 aliphatic carbocycles. The van der Waals surface area contributed by atoms with Gasteiger partial charge in [-0.25, -0.2) is 26.6 Å². The van der Waals surface area contributed by atoms with Crippen molar-refractivity contribution in [2.45, 2.75) is 25.3 Å². The molecule has 1 N–H and O–H groups in total. The molecule has 1 fully saturated rings. The van der Waals surface area contributed by atoms with E-state index in [0.717, 1.165) is 10.9 Å². The molecule has 1 atom stereocenters. The van der Waals surface area contributed by atoms with Gasteiger partial charge in [0, 0.05) is 31.7 Å². The van der Waals surface area contributed by atoms with Crippen LogP contribution in [0.1, 0.15) is 24.6 Å². The molecule has 0 radical (unpaired) electrons. The van der Waals surface area contributed by atoms with E-state index < -0.39 is 27.4 Å². The average molecular weight is 411 g/mol. The van der Waals surface area contributed by atoms with Crippen molar-refractivity contribution in [3.8, 4) is 0 Å². The number of hydrogen-bond donors (Lipinski definition) is 1. The number of carbonyl (C=O) groups is 1. The minimum absolute atomic E-state index is 0.228. The molecule has 2 heterocycles. The summed E-state index contributed by atoms with van der Waals surface area (Å²) in [5.41, 5.74) is -0.189. The maximum atomic E-state index is 13.2. The minimum Gasteiger partial charge on any atom is -0.324 e. The van der Waals surface area contributed by atoms with Gasteiger partial charge < -0.3 is 5.32 Å². The maximum absolute atomic E-state index is 13.2. The van der Waals surface area contributed by atoms with Crippen LogP contribution in [-0.2, 0) is 28.4 Å². The largest absolute Gasteiger partial charge is 0.346 e. The van der Waals surface area contributed by atoms with Gasteiger partial charge in [-0.2, -0.15) is 5.10 Å². The third-order valence-electron chi connectivity index (χ3n) is 4.69. The molecule has 152 valence electrons. The van der Waals surface area contributed by atoms with Crippen molar-refractivity contribution in [1.29, 1.82) is 0 Å². The highest BCUT2D eigenvalue weighted by molar-refractivity contribution is 7.88. The van der Waals surface area contributed by atoms with E-state index in [2.05, 4.69) is 10.4 Å². The zero-order valence-electron chi connectivity index (χ0n) is 15.6. The van der Waals surface area contributed by atoms with Gasteiger partial charge in [-0.15, -0.1) is 0 Å². The predicted octanol–water partition coefficient (Wildman–Crippen LogP) is 0.499. The number of sulfonamides is 1. The second-order valence-corrected chi connectivity index (χ2v) is 8.86. The highest BCUT2D eigenvalue weighted by Crippen LogP contribution is 2.26. The molecule has 9 nitrogen and oxygen atoms in total. The van der Waals surface area contributed by atoms with E-state index in [1.807, 2.05) is 0 Å². The number of piperidine rings is 1. The quantitative estimate of drug-likeness (QED) is 0.771. The Balaban J connectivity index is 1.76. The molecule has 2 aromatic rings. The van der Waals surface area contributed by atoms with Crippen molar-refractivity contribution < 1.29 is 17.6 Å². The van der Waals surface area contributed by atoms with Crippen LogP contribution in [-0.4, -0.2) is 52.3 Å². The second-order valence-electron chi connectivity index (χ2n) is 6.88. The van der Waals surface area contributed by atoms with Gasteiger partial charge in [-0.1, -0.05) is 6.07 Å². The van der Waals surface area contributed by atoms with Crippen LogP contribution in [0.5, 0.6) is 0 Å². The zero-order valence-corrected chi connectivity index (χ0v) is 16.4. The summed E-state index contributed by atoms with van der Waals surface area (Å²) < 4.78 is 40.6. The molecular weight excluding hydrogens is 389 g/mol. The second kappa shape index (κ2) is 7.84. The van der Waals surface area contributed by atoms with Crippen LogP contribution >= 0.6 is 0 Å². The average Bonchev–Trinajstić information content (AvgIpc) is 2.89. The Bertz CT molecular complexity index is 1050. The fraction of sp³-hybridized carbons (Fsp3) is 0.471. The van der Waals surface area contributed by atoms with Gasteiger partial charge in [0.05, 0.1) is 6.26 Å². The maximum Gasteiger partial charge on any atom is 0.346 e. The van der Waals surface area contributed by atoms with E-state index in [1.165, 1.54) is 33.1 Å². The van der Waals surface area contributed by atoms with E-state index in [1.54, 1.807) is 7.05 Å². The van der Waals surface area contributed by atoms with Gasteiger partial charge >= 0.3 is 5.69 Å². The number of nitrogens with one attached hydrogen (secondary N) is 1.